The molecule has 66 valence electrons. The zero-order chi connectivity index (χ0) is 9.02. The number of aldehydes is 1. The summed E-state index contributed by atoms with van der Waals surface area (Å²) in [7, 11) is 0. The largest absolute Gasteiger partial charge is 0.387 e. The van der Waals surface area contributed by atoms with Crippen LogP contribution in [0, 0.1) is 0 Å². The summed E-state index contributed by atoms with van der Waals surface area (Å²) in [5, 5.41) is 34.6. The Morgan fingerprint density at radius 1 is 1.09 bits per heavy atom. The van der Waals surface area contributed by atoms with Gasteiger partial charge in [0.15, 0.2) is 11.8 Å². The van der Waals surface area contributed by atoms with Crippen LogP contribution >= 0.6 is 11.6 Å². The minimum absolute atomic E-state index is 0.0349. The minimum Gasteiger partial charge on any atom is -0.387 e. The van der Waals surface area contributed by atoms with E-state index in [0.717, 1.165) is 0 Å². The minimum atomic E-state index is -1.76. The van der Waals surface area contributed by atoms with Crippen molar-refractivity contribution in [3.8, 4) is 0 Å². The highest BCUT2D eigenvalue weighted by atomic mass is 35.5. The Balaban J connectivity index is 4.00. The molecule has 0 spiro atoms. The van der Waals surface area contributed by atoms with Crippen LogP contribution in [0.2, 0.25) is 0 Å². The van der Waals surface area contributed by atoms with E-state index in [1.165, 1.54) is 0 Å². The normalized spacial score (nSPS) is 21.9. The number of alkyl halides is 1. The molecule has 0 aliphatic carbocycles. The third kappa shape index (κ3) is 3.13. The second-order valence-corrected chi connectivity index (χ2v) is 2.43. The van der Waals surface area contributed by atoms with Gasteiger partial charge in [0.25, 0.3) is 0 Å². The predicted octanol–water partition coefficient (Wildman–Crippen LogP) is -2.17. The average molecular weight is 185 g/mol. The summed E-state index contributed by atoms with van der Waals surface area (Å²) in [5.74, 6) is 0. The van der Waals surface area contributed by atoms with E-state index in [9.17, 15) is 4.79 Å². The van der Waals surface area contributed by atoms with Gasteiger partial charge in [0.1, 0.15) is 18.3 Å². The highest BCUT2D eigenvalue weighted by molar-refractivity contribution is 6.19. The summed E-state index contributed by atoms with van der Waals surface area (Å²) in [6, 6.07) is 0. The number of carbonyl (C=O) groups is 1. The van der Waals surface area contributed by atoms with Gasteiger partial charge in [-0.05, 0) is 0 Å². The van der Waals surface area contributed by atoms with Crippen LogP contribution in [0.25, 0.3) is 0 Å². The molecule has 0 aliphatic rings. The topological polar surface area (TPSA) is 98.0 Å². The SMILES string of the molecule is O=C[C@H](O)[C@H](O)[C@H](O)C(O)Cl. The summed E-state index contributed by atoms with van der Waals surface area (Å²) in [5.41, 5.74) is -1.71. The van der Waals surface area contributed by atoms with Gasteiger partial charge < -0.3 is 25.2 Å². The van der Waals surface area contributed by atoms with Crippen molar-refractivity contribution in [3.63, 3.8) is 0 Å². The summed E-state index contributed by atoms with van der Waals surface area (Å²) in [6.07, 6.45) is -5.21. The van der Waals surface area contributed by atoms with Crippen molar-refractivity contribution in [2.24, 2.45) is 0 Å². The molecule has 4 atom stereocenters. The molecule has 1 unspecified atom stereocenters. The Labute approximate surface area is 67.8 Å². The maximum Gasteiger partial charge on any atom is 0.156 e. The van der Waals surface area contributed by atoms with Crippen molar-refractivity contribution in [2.45, 2.75) is 23.9 Å². The smallest absolute Gasteiger partial charge is 0.156 e. The van der Waals surface area contributed by atoms with E-state index >= 15 is 0 Å². The summed E-state index contributed by atoms with van der Waals surface area (Å²) in [6.45, 7) is 0. The van der Waals surface area contributed by atoms with Gasteiger partial charge in [0.2, 0.25) is 0 Å². The standard InChI is InChI=1S/C5H9ClO5/c6-5(11)4(10)3(9)2(8)1-7/h1-5,8-11H/t2-,3-,4-,5?/m0/s1. The van der Waals surface area contributed by atoms with Gasteiger partial charge in [-0.2, -0.15) is 0 Å². The van der Waals surface area contributed by atoms with E-state index in [1.807, 2.05) is 0 Å². The first-order valence-electron chi connectivity index (χ1n) is 2.82. The monoisotopic (exact) mass is 184 g/mol. The molecular weight excluding hydrogens is 176 g/mol. The molecule has 0 saturated carbocycles. The Kier molecular flexibility index (Phi) is 4.55. The van der Waals surface area contributed by atoms with Crippen molar-refractivity contribution < 1.29 is 25.2 Å². The molecule has 0 radical (unpaired) electrons. The quantitative estimate of drug-likeness (QED) is 0.294. The van der Waals surface area contributed by atoms with Crippen LogP contribution in [0.1, 0.15) is 0 Å². The van der Waals surface area contributed by atoms with Crippen molar-refractivity contribution >= 4 is 17.9 Å². The Morgan fingerprint density at radius 3 is 1.82 bits per heavy atom. The van der Waals surface area contributed by atoms with Crippen LogP contribution in [0.3, 0.4) is 0 Å². The van der Waals surface area contributed by atoms with Crippen LogP contribution in [0.4, 0.5) is 0 Å². The predicted molar refractivity (Wildman–Crippen MR) is 35.9 cm³/mol. The number of aliphatic hydroxyl groups excluding tert-OH is 4. The molecule has 0 aromatic rings. The molecule has 5 nitrogen and oxygen atoms in total. The molecule has 0 amide bonds. The molecule has 0 fully saturated rings. The molecule has 0 aromatic carbocycles. The summed E-state index contributed by atoms with van der Waals surface area (Å²) < 4.78 is 0. The van der Waals surface area contributed by atoms with Crippen molar-refractivity contribution in [2.75, 3.05) is 0 Å². The lowest BCUT2D eigenvalue weighted by Crippen LogP contribution is -2.43. The Bertz CT molecular complexity index is 128. The van der Waals surface area contributed by atoms with E-state index < -0.39 is 23.9 Å². The van der Waals surface area contributed by atoms with Crippen LogP contribution in [-0.2, 0) is 4.79 Å². The van der Waals surface area contributed by atoms with E-state index in [-0.39, 0.29) is 6.29 Å². The van der Waals surface area contributed by atoms with Gasteiger partial charge in [0, 0.05) is 0 Å². The first-order valence-corrected chi connectivity index (χ1v) is 3.26. The summed E-state index contributed by atoms with van der Waals surface area (Å²) >= 11 is 4.94. The molecule has 11 heavy (non-hydrogen) atoms. The third-order valence-corrected chi connectivity index (χ3v) is 1.38. The van der Waals surface area contributed by atoms with Crippen LogP contribution in [0.5, 0.6) is 0 Å². The highest BCUT2D eigenvalue weighted by Gasteiger charge is 2.28. The number of aliphatic hydroxyl groups is 4. The molecular formula is C5H9ClO5. The van der Waals surface area contributed by atoms with Crippen LogP contribution < -0.4 is 0 Å². The zero-order valence-corrected chi connectivity index (χ0v) is 6.22. The molecule has 4 N–H and O–H groups in total. The van der Waals surface area contributed by atoms with Gasteiger partial charge in [0.05, 0.1) is 0 Å². The molecule has 0 heterocycles. The second-order valence-electron chi connectivity index (χ2n) is 1.98. The number of hydrogen-bond donors (Lipinski definition) is 4. The van der Waals surface area contributed by atoms with E-state index in [0.29, 0.717) is 0 Å². The van der Waals surface area contributed by atoms with E-state index in [2.05, 4.69) is 0 Å². The lowest BCUT2D eigenvalue weighted by atomic mass is 10.1. The number of rotatable bonds is 4. The van der Waals surface area contributed by atoms with E-state index in [1.54, 1.807) is 0 Å². The average Bonchev–Trinajstić information content (AvgIpc) is 2.00. The fraction of sp³-hybridized carbons (Fsp3) is 0.800. The lowest BCUT2D eigenvalue weighted by Gasteiger charge is -2.19. The second kappa shape index (κ2) is 4.63. The van der Waals surface area contributed by atoms with Gasteiger partial charge >= 0.3 is 0 Å². The van der Waals surface area contributed by atoms with Crippen molar-refractivity contribution in [3.05, 3.63) is 0 Å². The molecule has 0 bridgehead atoms. The highest BCUT2D eigenvalue weighted by Crippen LogP contribution is 2.06. The fourth-order valence-corrected chi connectivity index (χ4v) is 0.594. The van der Waals surface area contributed by atoms with Gasteiger partial charge in [-0.25, -0.2) is 0 Å². The first-order chi connectivity index (χ1) is 5.00. The third-order valence-electron chi connectivity index (χ3n) is 1.12. The number of hydrogen-bond acceptors (Lipinski definition) is 5. The van der Waals surface area contributed by atoms with Gasteiger partial charge in [-0.1, -0.05) is 11.6 Å². The van der Waals surface area contributed by atoms with Gasteiger partial charge in [-0.3, -0.25) is 0 Å². The first kappa shape index (κ1) is 10.8. The maximum absolute atomic E-state index is 9.83. The molecule has 0 rings (SSSR count). The molecule has 6 heteroatoms. The van der Waals surface area contributed by atoms with Gasteiger partial charge in [-0.15, -0.1) is 0 Å². The van der Waals surface area contributed by atoms with Crippen molar-refractivity contribution in [1.29, 1.82) is 0 Å². The molecule has 0 aromatic heterocycles. The van der Waals surface area contributed by atoms with Crippen LogP contribution in [0.15, 0.2) is 0 Å². The molecule has 0 aliphatic heterocycles. The number of carbonyl (C=O) groups excluding carboxylic acids is 1. The fourth-order valence-electron chi connectivity index (χ4n) is 0.445. The summed E-state index contributed by atoms with van der Waals surface area (Å²) in [4.78, 5) is 9.83. The van der Waals surface area contributed by atoms with E-state index in [4.69, 9.17) is 32.0 Å². The zero-order valence-electron chi connectivity index (χ0n) is 5.46. The number of halogens is 1. The van der Waals surface area contributed by atoms with Crippen LogP contribution in [-0.4, -0.2) is 50.6 Å². The maximum atomic E-state index is 9.83. The Morgan fingerprint density at radius 2 is 1.55 bits per heavy atom. The molecule has 0 saturated heterocycles. The van der Waals surface area contributed by atoms with Crippen molar-refractivity contribution in [1.82, 2.24) is 0 Å². The Hall–Kier alpha value is -0.200. The lowest BCUT2D eigenvalue weighted by molar-refractivity contribution is -0.129.